The van der Waals surface area contributed by atoms with Crippen molar-refractivity contribution in [3.63, 3.8) is 0 Å². The van der Waals surface area contributed by atoms with Crippen LogP contribution in [0, 0.1) is 5.41 Å². The zero-order chi connectivity index (χ0) is 18.1. The number of carbonyl (C=O) groups excluding carboxylic acids is 1. The highest BCUT2D eigenvalue weighted by molar-refractivity contribution is 5.89. The molecule has 0 aliphatic heterocycles. The second-order valence-corrected chi connectivity index (χ2v) is 7.86. The second kappa shape index (κ2) is 8.07. The molecule has 0 spiro atoms. The Morgan fingerprint density at radius 1 is 1.24 bits per heavy atom. The van der Waals surface area contributed by atoms with Gasteiger partial charge in [0.05, 0.1) is 12.1 Å². The largest absolute Gasteiger partial charge is 0.378 e. The van der Waals surface area contributed by atoms with Crippen LogP contribution in [0.5, 0.6) is 0 Å². The molecule has 1 aromatic rings. The van der Waals surface area contributed by atoms with Gasteiger partial charge in [0.25, 0.3) is 0 Å². The maximum absolute atomic E-state index is 12.8. The van der Waals surface area contributed by atoms with Crippen LogP contribution >= 0.6 is 12.4 Å². The lowest BCUT2D eigenvalue weighted by Crippen LogP contribution is -2.75. The zero-order valence-electron chi connectivity index (χ0n) is 16.3. The van der Waals surface area contributed by atoms with Crippen molar-refractivity contribution >= 4 is 18.3 Å². The van der Waals surface area contributed by atoms with Gasteiger partial charge in [0, 0.05) is 18.4 Å². The normalized spacial score (nSPS) is 25.7. The number of nitrogens with one attached hydrogen (secondary N) is 1. The predicted octanol–water partition coefficient (Wildman–Crippen LogP) is 3.94. The van der Waals surface area contributed by atoms with Crippen molar-refractivity contribution in [1.82, 2.24) is 5.32 Å². The summed E-state index contributed by atoms with van der Waals surface area (Å²) >= 11 is 0. The Morgan fingerprint density at radius 2 is 1.76 bits per heavy atom. The lowest BCUT2D eigenvalue weighted by molar-refractivity contribution is -0.171. The first-order chi connectivity index (χ1) is 11.1. The molecule has 25 heavy (non-hydrogen) atoms. The summed E-state index contributed by atoms with van der Waals surface area (Å²) in [6, 6.07) is 8.34. The Hall–Kier alpha value is -1.10. The van der Waals surface area contributed by atoms with Gasteiger partial charge in [0.2, 0.25) is 5.91 Å². The van der Waals surface area contributed by atoms with Crippen LogP contribution < -0.4 is 11.1 Å². The fourth-order valence-electron chi connectivity index (χ4n) is 3.40. The lowest BCUT2D eigenvalue weighted by atomic mass is 9.54. The van der Waals surface area contributed by atoms with E-state index in [1.807, 2.05) is 27.7 Å². The summed E-state index contributed by atoms with van der Waals surface area (Å²) in [5, 5.41) is 3.09. The molecule has 0 radical (unpaired) electrons. The number of amides is 1. The van der Waals surface area contributed by atoms with E-state index in [0.29, 0.717) is 18.9 Å². The Labute approximate surface area is 158 Å². The van der Waals surface area contributed by atoms with E-state index in [4.69, 9.17) is 10.5 Å². The first kappa shape index (κ1) is 21.9. The topological polar surface area (TPSA) is 64.3 Å². The lowest BCUT2D eigenvalue weighted by Gasteiger charge is -2.57. The number of hydrogen-bond acceptors (Lipinski definition) is 3. The van der Waals surface area contributed by atoms with Gasteiger partial charge in [-0.25, -0.2) is 0 Å². The molecule has 1 aliphatic carbocycles. The Kier molecular flexibility index (Phi) is 7.08. The highest BCUT2D eigenvalue weighted by Crippen LogP contribution is 2.50. The van der Waals surface area contributed by atoms with Crippen molar-refractivity contribution in [2.75, 3.05) is 6.61 Å². The van der Waals surface area contributed by atoms with Gasteiger partial charge >= 0.3 is 0 Å². The number of nitrogens with two attached hydrogens (primary N) is 1. The Morgan fingerprint density at radius 3 is 2.20 bits per heavy atom. The zero-order valence-corrected chi connectivity index (χ0v) is 17.1. The van der Waals surface area contributed by atoms with Crippen molar-refractivity contribution in [3.8, 4) is 0 Å². The molecule has 1 fully saturated rings. The molecule has 3 atom stereocenters. The van der Waals surface area contributed by atoms with Crippen molar-refractivity contribution < 1.29 is 9.53 Å². The molecule has 4 nitrogen and oxygen atoms in total. The number of ether oxygens (including phenoxy) is 1. The summed E-state index contributed by atoms with van der Waals surface area (Å²) in [5.41, 5.74) is 7.59. The van der Waals surface area contributed by atoms with Gasteiger partial charge in [-0.05, 0) is 30.9 Å². The van der Waals surface area contributed by atoms with Crippen LogP contribution in [-0.4, -0.2) is 24.2 Å². The molecule has 0 heterocycles. The number of benzene rings is 1. The summed E-state index contributed by atoms with van der Waals surface area (Å²) in [4.78, 5) is 12.8. The minimum absolute atomic E-state index is 0. The minimum atomic E-state index is -0.876. The van der Waals surface area contributed by atoms with Crippen LogP contribution in [0.4, 0.5) is 0 Å². The Bertz CT molecular complexity index is 586. The fraction of sp³-hybridized carbons (Fsp3) is 0.650. The van der Waals surface area contributed by atoms with Gasteiger partial charge in [0.1, 0.15) is 5.54 Å². The standard InChI is InChI=1S/C20H32N2O2.ClH/c1-7-24-17-12-20(21,19(17,5)6)18(23)22-14(4)16-10-8-15(9-11-16)13(2)3;/h8-11,13-14,17H,7,12,21H2,1-6H3,(H,22,23);1H. The Balaban J connectivity index is 0.00000312. The average molecular weight is 369 g/mol. The third-order valence-electron chi connectivity index (χ3n) is 5.69. The smallest absolute Gasteiger partial charge is 0.241 e. The van der Waals surface area contributed by atoms with Crippen LogP contribution in [0.25, 0.3) is 0 Å². The van der Waals surface area contributed by atoms with Gasteiger partial charge in [-0.2, -0.15) is 0 Å². The number of rotatable bonds is 6. The summed E-state index contributed by atoms with van der Waals surface area (Å²) in [7, 11) is 0. The van der Waals surface area contributed by atoms with Crippen LogP contribution in [0.1, 0.15) is 71.0 Å². The highest BCUT2D eigenvalue weighted by Gasteiger charge is 2.62. The molecule has 1 aromatic carbocycles. The van der Waals surface area contributed by atoms with E-state index in [9.17, 15) is 4.79 Å². The van der Waals surface area contributed by atoms with E-state index >= 15 is 0 Å². The number of halogens is 1. The SMILES string of the molecule is CCOC1CC(N)(C(=O)NC(C)c2ccc(C(C)C)cc2)C1(C)C.Cl. The molecule has 3 N–H and O–H groups in total. The number of carbonyl (C=O) groups is 1. The van der Waals surface area contributed by atoms with Gasteiger partial charge in [0.15, 0.2) is 0 Å². The van der Waals surface area contributed by atoms with Gasteiger partial charge in [-0.3, -0.25) is 4.79 Å². The van der Waals surface area contributed by atoms with Crippen LogP contribution in [0.2, 0.25) is 0 Å². The fourth-order valence-corrected chi connectivity index (χ4v) is 3.40. The monoisotopic (exact) mass is 368 g/mol. The van der Waals surface area contributed by atoms with Crippen LogP contribution in [0.3, 0.4) is 0 Å². The third kappa shape index (κ3) is 4.02. The molecule has 5 heteroatoms. The quantitative estimate of drug-likeness (QED) is 0.799. The van der Waals surface area contributed by atoms with Crippen molar-refractivity contribution in [3.05, 3.63) is 35.4 Å². The molecule has 142 valence electrons. The van der Waals surface area contributed by atoms with Crippen LogP contribution in [-0.2, 0) is 9.53 Å². The summed E-state index contributed by atoms with van der Waals surface area (Å²) < 4.78 is 5.70. The van der Waals surface area contributed by atoms with Crippen LogP contribution in [0.15, 0.2) is 24.3 Å². The van der Waals surface area contributed by atoms with E-state index < -0.39 is 5.54 Å². The average Bonchev–Trinajstić information content (AvgIpc) is 2.54. The first-order valence-electron chi connectivity index (χ1n) is 8.94. The molecule has 1 amide bonds. The molecule has 2 rings (SSSR count). The van der Waals surface area contributed by atoms with E-state index in [1.165, 1.54) is 5.56 Å². The molecular weight excluding hydrogens is 336 g/mol. The molecule has 0 bridgehead atoms. The maximum Gasteiger partial charge on any atom is 0.241 e. The second-order valence-electron chi connectivity index (χ2n) is 7.86. The summed E-state index contributed by atoms with van der Waals surface area (Å²) in [5.74, 6) is 0.409. The maximum atomic E-state index is 12.8. The molecule has 3 unspecified atom stereocenters. The van der Waals surface area contributed by atoms with E-state index in [-0.39, 0.29) is 35.9 Å². The van der Waals surface area contributed by atoms with Crippen molar-refractivity contribution in [1.29, 1.82) is 0 Å². The van der Waals surface area contributed by atoms with Crippen molar-refractivity contribution in [2.45, 2.75) is 71.6 Å². The predicted molar refractivity (Wildman–Crippen MR) is 105 cm³/mol. The van der Waals surface area contributed by atoms with Gasteiger partial charge < -0.3 is 15.8 Å². The number of hydrogen-bond donors (Lipinski definition) is 2. The molecule has 1 aliphatic rings. The molecule has 1 saturated carbocycles. The van der Waals surface area contributed by atoms with E-state index in [0.717, 1.165) is 5.56 Å². The van der Waals surface area contributed by atoms with Gasteiger partial charge in [-0.1, -0.05) is 52.0 Å². The highest BCUT2D eigenvalue weighted by atomic mass is 35.5. The van der Waals surface area contributed by atoms with Crippen molar-refractivity contribution in [2.24, 2.45) is 11.1 Å². The van der Waals surface area contributed by atoms with Gasteiger partial charge in [-0.15, -0.1) is 12.4 Å². The van der Waals surface area contributed by atoms with E-state index in [2.05, 4.69) is 43.4 Å². The summed E-state index contributed by atoms with van der Waals surface area (Å²) in [6.07, 6.45) is 0.609. The van der Waals surface area contributed by atoms with E-state index in [1.54, 1.807) is 0 Å². The molecular formula is C20H33ClN2O2. The first-order valence-corrected chi connectivity index (χ1v) is 8.94. The third-order valence-corrected chi connectivity index (χ3v) is 5.69. The minimum Gasteiger partial charge on any atom is -0.378 e. The summed E-state index contributed by atoms with van der Waals surface area (Å²) in [6.45, 7) is 13.0. The molecule has 0 aromatic heterocycles. The molecule has 0 saturated heterocycles.